The van der Waals surface area contributed by atoms with E-state index < -0.39 is 6.04 Å². The molecule has 0 radical (unpaired) electrons. The molecule has 1 atom stereocenters. The van der Waals surface area contributed by atoms with Crippen LogP contribution in [0.5, 0.6) is 5.75 Å². The number of benzene rings is 1. The molecule has 1 N–H and O–H groups in total. The highest BCUT2D eigenvalue weighted by Gasteiger charge is 2.27. The quantitative estimate of drug-likeness (QED) is 0.827. The third kappa shape index (κ3) is 2.70. The summed E-state index contributed by atoms with van der Waals surface area (Å²) in [5.74, 6) is 0.477. The number of Topliss-reactive ketones (excluding diaryl/α,β-unsaturated/α-hetero) is 1. The van der Waals surface area contributed by atoms with Crippen molar-refractivity contribution < 1.29 is 14.3 Å². The van der Waals surface area contributed by atoms with E-state index in [0.717, 1.165) is 6.42 Å². The van der Waals surface area contributed by atoms with Gasteiger partial charge in [0.2, 0.25) is 5.91 Å². The topological polar surface area (TPSA) is 55.4 Å². The fourth-order valence-corrected chi connectivity index (χ4v) is 2.14. The summed E-state index contributed by atoms with van der Waals surface area (Å²) in [6.45, 7) is 2.39. The van der Waals surface area contributed by atoms with Crippen LogP contribution in [0.2, 0.25) is 0 Å². The molecule has 0 aliphatic carbocycles. The average Bonchev–Trinajstić information content (AvgIpc) is 2.39. The molecule has 18 heavy (non-hydrogen) atoms. The first kappa shape index (κ1) is 12.6. The lowest BCUT2D eigenvalue weighted by atomic mass is 9.95. The third-order valence-corrected chi connectivity index (χ3v) is 3.00. The minimum atomic E-state index is -0.409. The van der Waals surface area contributed by atoms with Crippen molar-refractivity contribution in [2.45, 2.75) is 32.2 Å². The molecule has 1 saturated heterocycles. The Bertz CT molecular complexity index is 456. The Kier molecular flexibility index (Phi) is 3.97. The summed E-state index contributed by atoms with van der Waals surface area (Å²) >= 11 is 0. The van der Waals surface area contributed by atoms with Crippen molar-refractivity contribution in [3.8, 4) is 5.75 Å². The van der Waals surface area contributed by atoms with Gasteiger partial charge >= 0.3 is 0 Å². The molecule has 1 aromatic rings. The smallest absolute Gasteiger partial charge is 0.220 e. The van der Waals surface area contributed by atoms with Crippen LogP contribution in [0.4, 0.5) is 0 Å². The molecule has 1 aliphatic rings. The molecule has 1 fully saturated rings. The molecular formula is C14H17NO3. The van der Waals surface area contributed by atoms with Gasteiger partial charge in [0, 0.05) is 6.42 Å². The average molecular weight is 247 g/mol. The molecule has 1 aliphatic heterocycles. The summed E-state index contributed by atoms with van der Waals surface area (Å²) in [5.41, 5.74) is 0.548. The SMILES string of the molecule is CCOc1ccccc1C(=O)C1CCCC(=O)N1. The highest BCUT2D eigenvalue weighted by atomic mass is 16.5. The Morgan fingerprint density at radius 1 is 1.44 bits per heavy atom. The number of para-hydroxylation sites is 1. The minimum absolute atomic E-state index is 0.0477. The molecule has 0 bridgehead atoms. The monoisotopic (exact) mass is 247 g/mol. The van der Waals surface area contributed by atoms with E-state index in [2.05, 4.69) is 5.32 Å². The van der Waals surface area contributed by atoms with Crippen molar-refractivity contribution in [1.29, 1.82) is 0 Å². The summed E-state index contributed by atoms with van der Waals surface area (Å²) in [5, 5.41) is 2.74. The number of ketones is 1. The first-order valence-electron chi connectivity index (χ1n) is 6.27. The number of carbonyl (C=O) groups is 2. The summed E-state index contributed by atoms with van der Waals surface area (Å²) in [6.07, 6.45) is 1.97. The van der Waals surface area contributed by atoms with Gasteiger partial charge < -0.3 is 10.1 Å². The van der Waals surface area contributed by atoms with Crippen molar-refractivity contribution in [3.63, 3.8) is 0 Å². The number of amides is 1. The Morgan fingerprint density at radius 3 is 2.94 bits per heavy atom. The molecule has 1 aromatic carbocycles. The summed E-state index contributed by atoms with van der Waals surface area (Å²) in [6, 6.07) is 6.75. The molecule has 0 saturated carbocycles. The fraction of sp³-hybridized carbons (Fsp3) is 0.429. The lowest BCUT2D eigenvalue weighted by Crippen LogP contribution is -2.44. The van der Waals surface area contributed by atoms with Gasteiger partial charge in [0.1, 0.15) is 5.75 Å². The zero-order chi connectivity index (χ0) is 13.0. The van der Waals surface area contributed by atoms with Crippen LogP contribution in [0.3, 0.4) is 0 Å². The number of hydrogen-bond donors (Lipinski definition) is 1. The van der Waals surface area contributed by atoms with Gasteiger partial charge in [-0.3, -0.25) is 9.59 Å². The maximum atomic E-state index is 12.3. The van der Waals surface area contributed by atoms with E-state index in [-0.39, 0.29) is 11.7 Å². The number of piperidine rings is 1. The molecule has 0 aromatic heterocycles. The Morgan fingerprint density at radius 2 is 2.22 bits per heavy atom. The molecule has 0 spiro atoms. The highest BCUT2D eigenvalue weighted by Crippen LogP contribution is 2.22. The minimum Gasteiger partial charge on any atom is -0.493 e. The van der Waals surface area contributed by atoms with Crippen molar-refractivity contribution in [3.05, 3.63) is 29.8 Å². The molecule has 4 heteroatoms. The van der Waals surface area contributed by atoms with Gasteiger partial charge in [-0.1, -0.05) is 12.1 Å². The van der Waals surface area contributed by atoms with E-state index in [1.807, 2.05) is 13.0 Å². The van der Waals surface area contributed by atoms with E-state index in [9.17, 15) is 9.59 Å². The van der Waals surface area contributed by atoms with Crippen molar-refractivity contribution in [2.24, 2.45) is 0 Å². The standard InChI is InChI=1S/C14H17NO3/c1-2-18-12-8-4-3-6-10(12)14(17)11-7-5-9-13(16)15-11/h3-4,6,8,11H,2,5,7,9H2,1H3,(H,15,16). The van der Waals surface area contributed by atoms with Crippen LogP contribution >= 0.6 is 0 Å². The Labute approximate surface area is 106 Å². The predicted octanol–water partition coefficient (Wildman–Crippen LogP) is 1.94. The summed E-state index contributed by atoms with van der Waals surface area (Å²) < 4.78 is 5.44. The molecule has 1 unspecified atom stereocenters. The van der Waals surface area contributed by atoms with Crippen LogP contribution in [-0.4, -0.2) is 24.3 Å². The van der Waals surface area contributed by atoms with Gasteiger partial charge in [0.05, 0.1) is 18.2 Å². The van der Waals surface area contributed by atoms with E-state index in [4.69, 9.17) is 4.74 Å². The predicted molar refractivity (Wildman–Crippen MR) is 67.7 cm³/mol. The maximum Gasteiger partial charge on any atom is 0.220 e. The van der Waals surface area contributed by atoms with Gasteiger partial charge in [0.15, 0.2) is 5.78 Å². The van der Waals surface area contributed by atoms with E-state index >= 15 is 0 Å². The Balaban J connectivity index is 2.19. The second-order valence-electron chi connectivity index (χ2n) is 4.31. The van der Waals surface area contributed by atoms with Gasteiger partial charge in [0.25, 0.3) is 0 Å². The van der Waals surface area contributed by atoms with Crippen LogP contribution in [0.1, 0.15) is 36.5 Å². The maximum absolute atomic E-state index is 12.3. The van der Waals surface area contributed by atoms with Crippen LogP contribution in [0, 0.1) is 0 Å². The molecule has 1 heterocycles. The van der Waals surface area contributed by atoms with Crippen LogP contribution in [0.15, 0.2) is 24.3 Å². The fourth-order valence-electron chi connectivity index (χ4n) is 2.14. The zero-order valence-corrected chi connectivity index (χ0v) is 10.4. The normalized spacial score (nSPS) is 19.2. The molecule has 1 amide bonds. The van der Waals surface area contributed by atoms with Crippen LogP contribution in [-0.2, 0) is 4.79 Å². The van der Waals surface area contributed by atoms with E-state index in [0.29, 0.717) is 30.8 Å². The first-order valence-corrected chi connectivity index (χ1v) is 6.27. The first-order chi connectivity index (χ1) is 8.72. The zero-order valence-electron chi connectivity index (χ0n) is 10.4. The largest absolute Gasteiger partial charge is 0.493 e. The highest BCUT2D eigenvalue weighted by molar-refractivity contribution is 6.04. The number of nitrogens with one attached hydrogen (secondary N) is 1. The Hall–Kier alpha value is -1.84. The van der Waals surface area contributed by atoms with Gasteiger partial charge in [-0.2, -0.15) is 0 Å². The van der Waals surface area contributed by atoms with Crippen molar-refractivity contribution in [1.82, 2.24) is 5.32 Å². The van der Waals surface area contributed by atoms with Gasteiger partial charge in [-0.05, 0) is 31.9 Å². The second kappa shape index (κ2) is 5.67. The number of ether oxygens (including phenoxy) is 1. The molecule has 2 rings (SSSR count). The van der Waals surface area contributed by atoms with E-state index in [1.54, 1.807) is 18.2 Å². The summed E-state index contributed by atoms with van der Waals surface area (Å²) in [7, 11) is 0. The lowest BCUT2D eigenvalue weighted by Gasteiger charge is -2.22. The van der Waals surface area contributed by atoms with Crippen LogP contribution in [0.25, 0.3) is 0 Å². The van der Waals surface area contributed by atoms with Crippen LogP contribution < -0.4 is 10.1 Å². The van der Waals surface area contributed by atoms with E-state index in [1.165, 1.54) is 0 Å². The number of hydrogen-bond acceptors (Lipinski definition) is 3. The van der Waals surface area contributed by atoms with Crippen molar-refractivity contribution in [2.75, 3.05) is 6.61 Å². The second-order valence-corrected chi connectivity index (χ2v) is 4.31. The lowest BCUT2D eigenvalue weighted by molar-refractivity contribution is -0.122. The van der Waals surface area contributed by atoms with Gasteiger partial charge in [-0.15, -0.1) is 0 Å². The third-order valence-electron chi connectivity index (χ3n) is 3.00. The molecular weight excluding hydrogens is 230 g/mol. The molecule has 4 nitrogen and oxygen atoms in total. The molecule has 96 valence electrons. The summed E-state index contributed by atoms with van der Waals surface area (Å²) in [4.78, 5) is 23.7. The number of carbonyl (C=O) groups excluding carboxylic acids is 2. The number of rotatable bonds is 4. The van der Waals surface area contributed by atoms with Gasteiger partial charge in [-0.25, -0.2) is 0 Å². The van der Waals surface area contributed by atoms with Crippen molar-refractivity contribution >= 4 is 11.7 Å².